The second-order valence-corrected chi connectivity index (χ2v) is 4.29. The predicted molar refractivity (Wildman–Crippen MR) is 82.0 cm³/mol. The highest BCUT2D eigenvalue weighted by atomic mass is 16.5. The van der Waals surface area contributed by atoms with Gasteiger partial charge in [-0.3, -0.25) is 14.3 Å². The maximum atomic E-state index is 11.6. The van der Waals surface area contributed by atoms with Gasteiger partial charge in [-0.05, 0) is 12.8 Å². The molecular formula is C15H28N2O3. The number of aromatic nitrogens is 2. The van der Waals surface area contributed by atoms with Gasteiger partial charge in [0.2, 0.25) is 0 Å². The van der Waals surface area contributed by atoms with Crippen molar-refractivity contribution in [2.45, 2.75) is 66.7 Å². The number of nitrogens with zero attached hydrogens (tertiary/aromatic N) is 1. The van der Waals surface area contributed by atoms with Crippen molar-refractivity contribution in [1.29, 1.82) is 0 Å². The second-order valence-electron chi connectivity index (χ2n) is 4.29. The molecule has 3 unspecified atom stereocenters. The van der Waals surface area contributed by atoms with Crippen molar-refractivity contribution in [2.24, 2.45) is 5.92 Å². The molecule has 5 heteroatoms. The first-order chi connectivity index (χ1) is 9.61. The minimum atomic E-state index is -0.402. The van der Waals surface area contributed by atoms with Gasteiger partial charge in [0.15, 0.2) is 0 Å². The molecule has 1 fully saturated rings. The van der Waals surface area contributed by atoms with E-state index in [9.17, 15) is 9.59 Å². The van der Waals surface area contributed by atoms with Gasteiger partial charge < -0.3 is 4.74 Å². The van der Waals surface area contributed by atoms with E-state index in [1.165, 1.54) is 16.8 Å². The van der Waals surface area contributed by atoms with Crippen LogP contribution in [0.4, 0.5) is 0 Å². The zero-order valence-corrected chi connectivity index (χ0v) is 13.5. The van der Waals surface area contributed by atoms with Crippen molar-refractivity contribution in [3.63, 3.8) is 0 Å². The van der Waals surface area contributed by atoms with E-state index in [4.69, 9.17) is 4.74 Å². The van der Waals surface area contributed by atoms with Crippen LogP contribution in [0, 0.1) is 5.92 Å². The lowest BCUT2D eigenvalue weighted by molar-refractivity contribution is -0.0142. The Labute approximate surface area is 121 Å². The largest absolute Gasteiger partial charge is 0.354 e. The van der Waals surface area contributed by atoms with Gasteiger partial charge in [0, 0.05) is 18.2 Å². The van der Waals surface area contributed by atoms with E-state index in [0.29, 0.717) is 0 Å². The van der Waals surface area contributed by atoms with Crippen LogP contribution in [0.15, 0.2) is 21.9 Å². The molecule has 2 heterocycles. The summed E-state index contributed by atoms with van der Waals surface area (Å²) >= 11 is 0. The molecule has 0 aromatic carbocycles. The Kier molecular flexibility index (Phi) is 8.88. The molecule has 0 spiro atoms. The number of H-pyrrole nitrogens is 1. The monoisotopic (exact) mass is 284 g/mol. The van der Waals surface area contributed by atoms with E-state index < -0.39 is 5.69 Å². The van der Waals surface area contributed by atoms with Gasteiger partial charge in [-0.2, -0.15) is 0 Å². The Balaban J connectivity index is 0.000000829. The fraction of sp³-hybridized carbons (Fsp3) is 0.733. The Hall–Kier alpha value is -1.36. The Morgan fingerprint density at radius 2 is 1.90 bits per heavy atom. The molecule has 0 aliphatic carbocycles. The maximum absolute atomic E-state index is 11.6. The number of aromatic amines is 1. The molecule has 0 amide bonds. The molecule has 0 radical (unpaired) electrons. The topological polar surface area (TPSA) is 64.1 Å². The molecule has 5 nitrogen and oxygen atoms in total. The van der Waals surface area contributed by atoms with E-state index in [1.54, 1.807) is 0 Å². The first kappa shape index (κ1) is 18.6. The smallest absolute Gasteiger partial charge is 0.330 e. The van der Waals surface area contributed by atoms with Crippen molar-refractivity contribution in [1.82, 2.24) is 9.55 Å². The van der Waals surface area contributed by atoms with Crippen LogP contribution >= 0.6 is 0 Å². The van der Waals surface area contributed by atoms with E-state index in [-0.39, 0.29) is 23.8 Å². The highest BCUT2D eigenvalue weighted by Crippen LogP contribution is 2.33. The summed E-state index contributed by atoms with van der Waals surface area (Å²) in [5.41, 5.74) is -0.778. The third-order valence-corrected chi connectivity index (χ3v) is 3.03. The molecule has 1 saturated heterocycles. The molecule has 1 aromatic heterocycles. The highest BCUT2D eigenvalue weighted by Gasteiger charge is 2.32. The average Bonchev–Trinajstić information content (AvgIpc) is 2.84. The molecule has 0 saturated carbocycles. The number of nitrogens with one attached hydrogen (secondary N) is 1. The number of ether oxygens (including phenoxy) is 1. The summed E-state index contributed by atoms with van der Waals surface area (Å²) in [5.74, 6) is 0.286. The quantitative estimate of drug-likeness (QED) is 0.908. The summed E-state index contributed by atoms with van der Waals surface area (Å²) < 4.78 is 7.23. The van der Waals surface area contributed by atoms with Crippen LogP contribution in [-0.4, -0.2) is 15.7 Å². The molecule has 2 rings (SSSR count). The summed E-state index contributed by atoms with van der Waals surface area (Å²) in [6.07, 6.45) is 3.35. The van der Waals surface area contributed by atoms with E-state index >= 15 is 0 Å². The molecule has 1 aromatic rings. The van der Waals surface area contributed by atoms with Gasteiger partial charge in [0.05, 0.1) is 6.10 Å². The molecule has 1 aliphatic rings. The lowest BCUT2D eigenvalue weighted by atomic mass is 10.0. The van der Waals surface area contributed by atoms with Gasteiger partial charge in [-0.1, -0.05) is 41.5 Å². The molecular weight excluding hydrogens is 256 g/mol. The van der Waals surface area contributed by atoms with Crippen LogP contribution in [0.3, 0.4) is 0 Å². The van der Waals surface area contributed by atoms with E-state index in [2.05, 4.69) is 18.8 Å². The van der Waals surface area contributed by atoms with Gasteiger partial charge in [0.1, 0.15) is 6.23 Å². The summed E-state index contributed by atoms with van der Waals surface area (Å²) in [7, 11) is 0. The first-order valence-corrected chi connectivity index (χ1v) is 7.58. The minimum Gasteiger partial charge on any atom is -0.354 e. The summed E-state index contributed by atoms with van der Waals surface area (Å²) in [6, 6.07) is 1.34. The van der Waals surface area contributed by atoms with E-state index in [1.807, 2.05) is 27.7 Å². The summed E-state index contributed by atoms with van der Waals surface area (Å²) in [5, 5.41) is 0. The van der Waals surface area contributed by atoms with Crippen LogP contribution in [0.25, 0.3) is 0 Å². The summed E-state index contributed by atoms with van der Waals surface area (Å²) in [6.45, 7) is 12.1. The Morgan fingerprint density at radius 3 is 2.35 bits per heavy atom. The zero-order valence-electron chi connectivity index (χ0n) is 13.5. The van der Waals surface area contributed by atoms with Gasteiger partial charge in [-0.25, -0.2) is 4.79 Å². The third kappa shape index (κ3) is 4.63. The molecule has 116 valence electrons. The van der Waals surface area contributed by atoms with Crippen LogP contribution < -0.4 is 11.2 Å². The molecule has 1 aliphatic heterocycles. The zero-order chi connectivity index (χ0) is 15.7. The van der Waals surface area contributed by atoms with Crippen LogP contribution in [-0.2, 0) is 4.74 Å². The van der Waals surface area contributed by atoms with Crippen molar-refractivity contribution in [2.75, 3.05) is 0 Å². The fourth-order valence-corrected chi connectivity index (χ4v) is 2.15. The second kappa shape index (κ2) is 9.53. The third-order valence-electron chi connectivity index (χ3n) is 3.03. The van der Waals surface area contributed by atoms with Crippen LogP contribution in [0.1, 0.15) is 60.6 Å². The molecule has 3 atom stereocenters. The predicted octanol–water partition coefficient (Wildman–Crippen LogP) is 2.92. The lowest BCUT2D eigenvalue weighted by Crippen LogP contribution is -2.33. The Bertz CT molecular complexity index is 478. The van der Waals surface area contributed by atoms with Gasteiger partial charge >= 0.3 is 5.69 Å². The maximum Gasteiger partial charge on any atom is 0.330 e. The number of rotatable bonds is 2. The van der Waals surface area contributed by atoms with Gasteiger partial charge in [-0.15, -0.1) is 0 Å². The number of hydrogen-bond donors (Lipinski definition) is 1. The average molecular weight is 284 g/mol. The van der Waals surface area contributed by atoms with E-state index in [0.717, 1.165) is 12.8 Å². The molecule has 1 N–H and O–H groups in total. The summed E-state index contributed by atoms with van der Waals surface area (Å²) in [4.78, 5) is 24.8. The molecule has 0 bridgehead atoms. The normalized spacial score (nSPS) is 24.2. The van der Waals surface area contributed by atoms with Crippen molar-refractivity contribution < 1.29 is 4.74 Å². The molecule has 20 heavy (non-hydrogen) atoms. The van der Waals surface area contributed by atoms with Crippen molar-refractivity contribution in [3.8, 4) is 0 Å². The SMILES string of the molecule is CC.CC.CCC1CC(C)C(n2ccc(=O)[nH]c2=O)O1. The van der Waals surface area contributed by atoms with Crippen LogP contribution in [0.5, 0.6) is 0 Å². The fourth-order valence-electron chi connectivity index (χ4n) is 2.15. The number of hydrogen-bond acceptors (Lipinski definition) is 3. The Morgan fingerprint density at radius 1 is 1.30 bits per heavy atom. The van der Waals surface area contributed by atoms with Crippen molar-refractivity contribution in [3.05, 3.63) is 33.1 Å². The standard InChI is InChI=1S/C11H16N2O3.2C2H6/c1-3-8-6-7(2)10(16-8)13-5-4-9(14)12-11(13)15;2*1-2/h4-5,7-8,10H,3,6H2,1-2H3,(H,12,14,15);2*1-2H3. The van der Waals surface area contributed by atoms with Gasteiger partial charge in [0.25, 0.3) is 5.56 Å². The van der Waals surface area contributed by atoms with Crippen molar-refractivity contribution >= 4 is 0 Å². The highest BCUT2D eigenvalue weighted by molar-refractivity contribution is 4.87. The first-order valence-electron chi connectivity index (χ1n) is 7.58. The van der Waals surface area contributed by atoms with Crippen LogP contribution in [0.2, 0.25) is 0 Å². The lowest BCUT2D eigenvalue weighted by Gasteiger charge is -2.17. The minimum absolute atomic E-state index is 0.207.